The van der Waals surface area contributed by atoms with Crippen molar-refractivity contribution in [3.8, 4) is 0 Å². The van der Waals surface area contributed by atoms with Gasteiger partial charge in [0.2, 0.25) is 0 Å². The van der Waals surface area contributed by atoms with Crippen LogP contribution in [0.5, 0.6) is 0 Å². The van der Waals surface area contributed by atoms with Crippen LogP contribution in [0.2, 0.25) is 0 Å². The van der Waals surface area contributed by atoms with Crippen molar-refractivity contribution in [2.45, 2.75) is 76.2 Å². The molecule has 36 heavy (non-hydrogen) atoms. The molecule has 2 aliphatic rings. The first-order chi connectivity index (χ1) is 17.5. The highest BCUT2D eigenvalue weighted by atomic mass is 19.1. The van der Waals surface area contributed by atoms with Gasteiger partial charge in [-0.25, -0.2) is 9.37 Å². The molecule has 1 amide bonds. The zero-order valence-corrected chi connectivity index (χ0v) is 20.8. The van der Waals surface area contributed by atoms with Gasteiger partial charge in [-0.3, -0.25) is 9.78 Å². The number of aromatic nitrogens is 3. The minimum Gasteiger partial charge on any atom is -0.349 e. The van der Waals surface area contributed by atoms with Gasteiger partial charge in [-0.15, -0.1) is 0 Å². The maximum atomic E-state index is 13.9. The standard InChI is InChI=1S/C30H33FN4O/c1-18(19-6-8-20(9-7-19)24-14-15-32-26-13-11-22(31)17-25(24)26)29-34-27-12-10-21(16-28(27)35-29)30(36)33-23-4-2-3-5-23/h10-20,23H,2-9H2,1H3,(H,33,36)(H,34,35)/t18-,19-,20+/m1/s1. The number of imidazole rings is 1. The highest BCUT2D eigenvalue weighted by Crippen LogP contribution is 2.43. The fourth-order valence-electron chi connectivity index (χ4n) is 6.37. The molecule has 0 radical (unpaired) electrons. The average Bonchev–Trinajstić information content (AvgIpc) is 3.57. The Kier molecular flexibility index (Phi) is 6.20. The number of nitrogens with zero attached hydrogens (tertiary/aromatic N) is 2. The van der Waals surface area contributed by atoms with Crippen molar-refractivity contribution in [1.29, 1.82) is 0 Å². The number of aromatic amines is 1. The first-order valence-electron chi connectivity index (χ1n) is 13.4. The van der Waals surface area contributed by atoms with Gasteiger partial charge in [0.15, 0.2) is 0 Å². The summed E-state index contributed by atoms with van der Waals surface area (Å²) in [5.41, 5.74) is 4.61. The Bertz CT molecular complexity index is 1400. The van der Waals surface area contributed by atoms with E-state index in [1.54, 1.807) is 12.1 Å². The number of benzene rings is 2. The predicted molar refractivity (Wildman–Crippen MR) is 141 cm³/mol. The number of carbonyl (C=O) groups excluding carboxylic acids is 1. The lowest BCUT2D eigenvalue weighted by Gasteiger charge is -2.32. The van der Waals surface area contributed by atoms with Crippen LogP contribution in [0.1, 0.15) is 91.9 Å². The van der Waals surface area contributed by atoms with Gasteiger partial charge >= 0.3 is 0 Å². The number of amides is 1. The number of hydrogen-bond donors (Lipinski definition) is 2. The molecular weight excluding hydrogens is 451 g/mol. The van der Waals surface area contributed by atoms with Crippen LogP contribution in [-0.4, -0.2) is 26.9 Å². The van der Waals surface area contributed by atoms with E-state index in [1.807, 2.05) is 24.4 Å². The smallest absolute Gasteiger partial charge is 0.251 e. The molecule has 2 aliphatic carbocycles. The Morgan fingerprint density at radius 2 is 1.78 bits per heavy atom. The van der Waals surface area contributed by atoms with Crippen molar-refractivity contribution < 1.29 is 9.18 Å². The third-order valence-corrected chi connectivity index (χ3v) is 8.54. The molecule has 6 heteroatoms. The molecule has 1 atom stereocenters. The van der Waals surface area contributed by atoms with E-state index in [9.17, 15) is 9.18 Å². The van der Waals surface area contributed by atoms with Crippen molar-refractivity contribution >= 4 is 27.8 Å². The first kappa shape index (κ1) is 23.1. The predicted octanol–water partition coefficient (Wildman–Crippen LogP) is 7.00. The first-order valence-corrected chi connectivity index (χ1v) is 13.4. The maximum Gasteiger partial charge on any atom is 0.251 e. The van der Waals surface area contributed by atoms with Gasteiger partial charge in [0.25, 0.3) is 5.91 Å². The van der Waals surface area contributed by atoms with Gasteiger partial charge in [-0.2, -0.15) is 0 Å². The highest BCUT2D eigenvalue weighted by molar-refractivity contribution is 5.97. The van der Waals surface area contributed by atoms with Crippen LogP contribution >= 0.6 is 0 Å². The summed E-state index contributed by atoms with van der Waals surface area (Å²) in [6.45, 7) is 2.26. The van der Waals surface area contributed by atoms with Crippen LogP contribution in [0.15, 0.2) is 48.7 Å². The maximum absolute atomic E-state index is 13.9. The van der Waals surface area contributed by atoms with Crippen LogP contribution in [0.3, 0.4) is 0 Å². The Morgan fingerprint density at radius 1 is 1.00 bits per heavy atom. The Labute approximate surface area is 210 Å². The number of fused-ring (bicyclic) bond motifs is 2. The van der Waals surface area contributed by atoms with Gasteiger partial charge in [0, 0.05) is 29.1 Å². The molecule has 0 bridgehead atoms. The molecule has 2 fully saturated rings. The molecule has 4 aromatic rings. The zero-order chi connectivity index (χ0) is 24.6. The van der Waals surface area contributed by atoms with Crippen LogP contribution < -0.4 is 5.32 Å². The SMILES string of the molecule is C[C@@H](c1nc2ccc(C(=O)NC3CCCC3)cc2[nH]1)[C@H]1CC[C@@H](c2ccnc3ccc(F)cc32)CC1. The zero-order valence-electron chi connectivity index (χ0n) is 20.8. The molecule has 2 heterocycles. The monoisotopic (exact) mass is 484 g/mol. The Hall–Kier alpha value is -3.28. The highest BCUT2D eigenvalue weighted by Gasteiger charge is 2.29. The second-order valence-electron chi connectivity index (χ2n) is 10.8. The summed E-state index contributed by atoms with van der Waals surface area (Å²) in [5, 5.41) is 4.12. The van der Waals surface area contributed by atoms with E-state index in [0.29, 0.717) is 29.4 Å². The third kappa shape index (κ3) is 4.49. The van der Waals surface area contributed by atoms with E-state index in [4.69, 9.17) is 4.98 Å². The van der Waals surface area contributed by atoms with E-state index in [1.165, 1.54) is 24.5 Å². The van der Waals surface area contributed by atoms with E-state index < -0.39 is 0 Å². The Balaban J connectivity index is 1.14. The molecule has 6 rings (SSSR count). The summed E-state index contributed by atoms with van der Waals surface area (Å²) in [6, 6.07) is 13.0. The summed E-state index contributed by atoms with van der Waals surface area (Å²) in [5.74, 6) is 2.08. The number of rotatable bonds is 5. The molecule has 0 unspecified atom stereocenters. The lowest BCUT2D eigenvalue weighted by molar-refractivity contribution is 0.0938. The fourth-order valence-corrected chi connectivity index (χ4v) is 6.37. The van der Waals surface area contributed by atoms with Gasteiger partial charge in [-0.05, 0) is 98.4 Å². The lowest BCUT2D eigenvalue weighted by atomic mass is 9.73. The molecule has 2 N–H and O–H groups in total. The number of hydrogen-bond acceptors (Lipinski definition) is 3. The summed E-state index contributed by atoms with van der Waals surface area (Å²) < 4.78 is 13.9. The van der Waals surface area contributed by atoms with Crippen LogP contribution in [0.4, 0.5) is 4.39 Å². The molecule has 0 aliphatic heterocycles. The minimum absolute atomic E-state index is 0.00911. The second kappa shape index (κ2) is 9.64. The lowest BCUT2D eigenvalue weighted by Crippen LogP contribution is -2.32. The number of nitrogens with one attached hydrogen (secondary N) is 2. The van der Waals surface area contributed by atoms with E-state index in [-0.39, 0.29) is 11.7 Å². The van der Waals surface area contributed by atoms with Crippen molar-refractivity contribution in [3.05, 3.63) is 71.4 Å². The van der Waals surface area contributed by atoms with Crippen LogP contribution in [-0.2, 0) is 0 Å². The number of halogens is 1. The molecule has 2 aromatic heterocycles. The largest absolute Gasteiger partial charge is 0.349 e. The molecule has 5 nitrogen and oxygen atoms in total. The molecule has 0 saturated heterocycles. The van der Waals surface area contributed by atoms with Crippen LogP contribution in [0.25, 0.3) is 21.9 Å². The molecule has 2 saturated carbocycles. The second-order valence-corrected chi connectivity index (χ2v) is 10.8. The van der Waals surface area contributed by atoms with Crippen molar-refractivity contribution in [2.24, 2.45) is 5.92 Å². The fraction of sp³-hybridized carbons (Fsp3) is 0.433. The molecule has 186 valence electrons. The van der Waals surface area contributed by atoms with Gasteiger partial charge in [0.05, 0.1) is 16.6 Å². The van der Waals surface area contributed by atoms with E-state index >= 15 is 0 Å². The molecule has 2 aromatic carbocycles. The average molecular weight is 485 g/mol. The Morgan fingerprint density at radius 3 is 2.58 bits per heavy atom. The number of pyridine rings is 1. The topological polar surface area (TPSA) is 70.7 Å². The van der Waals surface area contributed by atoms with Crippen molar-refractivity contribution in [2.75, 3.05) is 0 Å². The third-order valence-electron chi connectivity index (χ3n) is 8.54. The van der Waals surface area contributed by atoms with Crippen LogP contribution in [0, 0.1) is 11.7 Å². The number of carbonyl (C=O) groups is 1. The normalized spacial score (nSPS) is 21.7. The van der Waals surface area contributed by atoms with Gasteiger partial charge < -0.3 is 10.3 Å². The summed E-state index contributed by atoms with van der Waals surface area (Å²) in [4.78, 5) is 25.5. The summed E-state index contributed by atoms with van der Waals surface area (Å²) in [6.07, 6.45) is 10.8. The summed E-state index contributed by atoms with van der Waals surface area (Å²) in [7, 11) is 0. The van der Waals surface area contributed by atoms with Gasteiger partial charge in [0.1, 0.15) is 11.6 Å². The molecular formula is C30H33FN4O. The van der Waals surface area contributed by atoms with E-state index in [0.717, 1.165) is 66.3 Å². The molecule has 0 spiro atoms. The van der Waals surface area contributed by atoms with Crippen molar-refractivity contribution in [3.63, 3.8) is 0 Å². The summed E-state index contributed by atoms with van der Waals surface area (Å²) >= 11 is 0. The number of H-pyrrole nitrogens is 1. The quantitative estimate of drug-likeness (QED) is 0.320. The van der Waals surface area contributed by atoms with Crippen molar-refractivity contribution in [1.82, 2.24) is 20.3 Å². The van der Waals surface area contributed by atoms with Gasteiger partial charge in [-0.1, -0.05) is 19.8 Å². The van der Waals surface area contributed by atoms with E-state index in [2.05, 4.69) is 28.3 Å². The minimum atomic E-state index is -0.205.